The molecule has 9 nitrogen and oxygen atoms in total. The second-order valence-electron chi connectivity index (χ2n) is 20.5. The van der Waals surface area contributed by atoms with Gasteiger partial charge in [0.15, 0.2) is 0 Å². The maximum absolute atomic E-state index is 6.10. The van der Waals surface area contributed by atoms with Gasteiger partial charge in [0.05, 0.1) is 49.2 Å². The molecular formula is C71H81N5O4. The Bertz CT molecular complexity index is 3150. The molecule has 0 heterocycles. The number of benzene rings is 8. The van der Waals surface area contributed by atoms with E-state index >= 15 is 0 Å². The fourth-order valence-corrected chi connectivity index (χ4v) is 9.74. The van der Waals surface area contributed by atoms with Crippen molar-refractivity contribution in [2.24, 2.45) is 20.5 Å². The summed E-state index contributed by atoms with van der Waals surface area (Å²) in [6.07, 6.45) is 25.7. The van der Waals surface area contributed by atoms with Crippen molar-refractivity contribution in [2.45, 2.75) is 122 Å². The molecule has 8 aromatic rings. The first-order chi connectivity index (χ1) is 39.6. The summed E-state index contributed by atoms with van der Waals surface area (Å²) in [5.74, 6) is 3.64. The third-order valence-corrected chi connectivity index (χ3v) is 14.4. The molecule has 8 aromatic carbocycles. The lowest BCUT2D eigenvalue weighted by atomic mass is 10.1. The Morgan fingerprint density at radius 3 is 1.01 bits per heavy atom. The normalized spacial score (nSPS) is 11.4. The Labute approximate surface area is 475 Å². The first-order valence-electron chi connectivity index (χ1n) is 29.4. The molecule has 0 aliphatic carbocycles. The van der Waals surface area contributed by atoms with Crippen LogP contribution in [0.25, 0.3) is 33.7 Å². The molecule has 0 fully saturated rings. The van der Waals surface area contributed by atoms with Gasteiger partial charge in [-0.2, -0.15) is 5.11 Å². The molecule has 0 spiro atoms. The lowest BCUT2D eigenvalue weighted by Crippen LogP contribution is -2.01. The maximum atomic E-state index is 6.10. The lowest BCUT2D eigenvalue weighted by Gasteiger charge is -2.12. The second-order valence-corrected chi connectivity index (χ2v) is 20.5. The van der Waals surface area contributed by atoms with Gasteiger partial charge in [-0.15, -0.1) is 15.3 Å². The molecule has 0 aromatic heterocycles. The van der Waals surface area contributed by atoms with Crippen LogP contribution >= 0.6 is 0 Å². The minimum atomic E-state index is 0.688. The molecule has 414 valence electrons. The van der Waals surface area contributed by atoms with Crippen molar-refractivity contribution in [3.63, 3.8) is 0 Å². The summed E-state index contributed by atoms with van der Waals surface area (Å²) in [6.45, 7) is 11.3. The van der Waals surface area contributed by atoms with Gasteiger partial charge in [-0.1, -0.05) is 200 Å². The van der Waals surface area contributed by atoms with E-state index in [0.717, 1.165) is 130 Å². The van der Waals surface area contributed by atoms with Crippen LogP contribution in [0.3, 0.4) is 0 Å². The highest BCUT2D eigenvalue weighted by atomic mass is 16.5. The van der Waals surface area contributed by atoms with Gasteiger partial charge in [-0.05, 0) is 127 Å². The zero-order valence-electron chi connectivity index (χ0n) is 46.9. The van der Waals surface area contributed by atoms with E-state index in [0.29, 0.717) is 13.2 Å². The van der Waals surface area contributed by atoms with Crippen LogP contribution < -0.4 is 24.3 Å². The Morgan fingerprint density at radius 1 is 0.312 bits per heavy atom. The number of hydrogen-bond donors (Lipinski definition) is 1. The van der Waals surface area contributed by atoms with Gasteiger partial charge in [0.1, 0.15) is 23.0 Å². The van der Waals surface area contributed by atoms with E-state index in [2.05, 4.69) is 89.4 Å². The minimum Gasteiger partial charge on any atom is -0.494 e. The zero-order valence-corrected chi connectivity index (χ0v) is 46.9. The van der Waals surface area contributed by atoms with Crippen LogP contribution in [0.15, 0.2) is 203 Å². The fourth-order valence-electron chi connectivity index (χ4n) is 9.74. The second kappa shape index (κ2) is 33.4. The van der Waals surface area contributed by atoms with Gasteiger partial charge < -0.3 is 24.3 Å². The zero-order chi connectivity index (χ0) is 55.1. The standard InChI is InChI=1S/C71H81N5O4/c1-3-56-31-39-60(40-32-56)77-51-23-15-11-7-5-9-13-17-25-53-79-62-43-35-58(36-44-62)55-72-68-47-48-70(65-28-20-19-27-64(65)68)75-76-71-50-49-69(66-29-21-22-30-67(66)71)74-73-59-37-45-63(46-38-59)80-54-26-18-14-10-6-8-12-16-24-52-78-61-41-33-57(4-2)34-42-61/h3-4,19-22,27-50,72H,1-2,5-18,23-26,51-55H2. The number of rotatable bonds is 37. The van der Waals surface area contributed by atoms with E-state index in [-0.39, 0.29) is 0 Å². The average Bonchev–Trinajstić information content (AvgIpc) is 3.54. The molecule has 0 bridgehead atoms. The predicted molar refractivity (Wildman–Crippen MR) is 335 cm³/mol. The third-order valence-electron chi connectivity index (χ3n) is 14.4. The van der Waals surface area contributed by atoms with Crippen molar-refractivity contribution in [1.29, 1.82) is 0 Å². The van der Waals surface area contributed by atoms with Gasteiger partial charge in [0, 0.05) is 33.8 Å². The van der Waals surface area contributed by atoms with Crippen LogP contribution in [0.2, 0.25) is 0 Å². The summed E-state index contributed by atoms with van der Waals surface area (Å²) >= 11 is 0. The quantitative estimate of drug-likeness (QED) is 0.0309. The van der Waals surface area contributed by atoms with Crippen LogP contribution in [0, 0.1) is 0 Å². The third kappa shape index (κ3) is 19.4. The lowest BCUT2D eigenvalue weighted by molar-refractivity contribution is 0.302. The summed E-state index contributed by atoms with van der Waals surface area (Å²) in [5.41, 5.74) is 7.56. The van der Waals surface area contributed by atoms with Crippen molar-refractivity contribution >= 4 is 62.1 Å². The molecular weight excluding hydrogens is 987 g/mol. The molecule has 0 radical (unpaired) electrons. The van der Waals surface area contributed by atoms with E-state index in [1.54, 1.807) is 0 Å². The van der Waals surface area contributed by atoms with Crippen molar-refractivity contribution in [2.75, 3.05) is 31.7 Å². The largest absolute Gasteiger partial charge is 0.494 e. The molecule has 0 atom stereocenters. The van der Waals surface area contributed by atoms with Crippen LogP contribution in [0.1, 0.15) is 132 Å². The van der Waals surface area contributed by atoms with Gasteiger partial charge in [0.25, 0.3) is 0 Å². The minimum absolute atomic E-state index is 0.688. The summed E-state index contributed by atoms with van der Waals surface area (Å²) in [6, 6.07) is 57.0. The number of azo groups is 2. The highest BCUT2D eigenvalue weighted by Gasteiger charge is 2.10. The number of nitrogens with one attached hydrogen (secondary N) is 1. The van der Waals surface area contributed by atoms with Gasteiger partial charge >= 0.3 is 0 Å². The average molecular weight is 1070 g/mol. The number of nitrogens with zero attached hydrogens (tertiary/aromatic N) is 4. The SMILES string of the molecule is C=Cc1ccc(OCCCCCCCCCCCOc2ccc(CNc3ccc(N=Nc4ccc(N=Nc5ccc(OCCCCCCCCCCCOc6ccc(C=C)cc6)cc5)c5ccccc45)c4ccccc34)cc2)cc1. The smallest absolute Gasteiger partial charge is 0.119 e. The number of unbranched alkanes of at least 4 members (excludes halogenated alkanes) is 16. The highest BCUT2D eigenvalue weighted by Crippen LogP contribution is 2.38. The van der Waals surface area contributed by atoms with Crippen molar-refractivity contribution < 1.29 is 18.9 Å². The summed E-state index contributed by atoms with van der Waals surface area (Å²) in [5, 5.41) is 26.5. The van der Waals surface area contributed by atoms with Gasteiger partial charge in [0.2, 0.25) is 0 Å². The van der Waals surface area contributed by atoms with Crippen molar-refractivity contribution in [3.8, 4) is 23.0 Å². The first kappa shape index (κ1) is 58.1. The molecule has 8 rings (SSSR count). The maximum Gasteiger partial charge on any atom is 0.119 e. The Morgan fingerprint density at radius 2 is 0.625 bits per heavy atom. The Balaban J connectivity index is 0.701. The molecule has 0 aliphatic rings. The highest BCUT2D eigenvalue weighted by molar-refractivity contribution is 6.02. The summed E-state index contributed by atoms with van der Waals surface area (Å²) < 4.78 is 23.9. The fraction of sp³-hybridized carbons (Fsp3) is 0.324. The molecule has 0 unspecified atom stereocenters. The monoisotopic (exact) mass is 1070 g/mol. The summed E-state index contributed by atoms with van der Waals surface area (Å²) in [7, 11) is 0. The molecule has 0 aliphatic heterocycles. The van der Waals surface area contributed by atoms with Crippen molar-refractivity contribution in [1.82, 2.24) is 0 Å². The van der Waals surface area contributed by atoms with Crippen LogP contribution in [-0.4, -0.2) is 26.4 Å². The summed E-state index contributed by atoms with van der Waals surface area (Å²) in [4.78, 5) is 0. The van der Waals surface area contributed by atoms with Crippen LogP contribution in [-0.2, 0) is 6.54 Å². The predicted octanol–water partition coefficient (Wildman–Crippen LogP) is 21.7. The molecule has 0 saturated carbocycles. The Kier molecular flexibility index (Phi) is 24.3. The van der Waals surface area contributed by atoms with Gasteiger partial charge in [-0.3, -0.25) is 0 Å². The number of ether oxygens (including phenoxy) is 4. The van der Waals surface area contributed by atoms with E-state index in [9.17, 15) is 0 Å². The van der Waals surface area contributed by atoms with Crippen LogP contribution in [0.5, 0.6) is 23.0 Å². The van der Waals surface area contributed by atoms with E-state index in [1.165, 1.54) is 95.5 Å². The molecule has 0 saturated heterocycles. The van der Waals surface area contributed by atoms with Crippen molar-refractivity contribution in [3.05, 3.63) is 200 Å². The molecule has 80 heavy (non-hydrogen) atoms. The topological polar surface area (TPSA) is 98.4 Å². The first-order valence-corrected chi connectivity index (χ1v) is 29.4. The van der Waals surface area contributed by atoms with E-state index < -0.39 is 0 Å². The Hall–Kier alpha value is -8.04. The molecule has 1 N–H and O–H groups in total. The molecule has 9 heteroatoms. The number of fused-ring (bicyclic) bond motifs is 2. The van der Waals surface area contributed by atoms with Gasteiger partial charge in [-0.25, -0.2) is 0 Å². The van der Waals surface area contributed by atoms with Crippen LogP contribution in [0.4, 0.5) is 28.4 Å². The van der Waals surface area contributed by atoms with E-state index in [1.807, 2.05) is 121 Å². The van der Waals surface area contributed by atoms with E-state index in [4.69, 9.17) is 29.2 Å². The molecule has 0 amide bonds. The number of hydrogen-bond acceptors (Lipinski definition) is 9. The number of anilines is 1.